The topological polar surface area (TPSA) is 184 Å². The quantitative estimate of drug-likeness (QED) is 0.263. The minimum Gasteiger partial charge on any atom is -0.462 e. The molecule has 242 valence electrons. The van der Waals surface area contributed by atoms with Crippen LogP contribution in [0.15, 0.2) is 75.9 Å². The van der Waals surface area contributed by atoms with Crippen molar-refractivity contribution < 1.29 is 47.7 Å². The molecule has 1 N–H and O–H groups in total. The lowest BCUT2D eigenvalue weighted by Crippen LogP contribution is -2.60. The molecule has 0 radical (unpaired) electrons. The van der Waals surface area contributed by atoms with Crippen LogP contribution >= 0.6 is 0 Å². The molecular formula is C31H33N5O10. The number of hydrogen-bond acceptors (Lipinski definition) is 15. The summed E-state index contributed by atoms with van der Waals surface area (Å²) < 4.78 is 27.2. The smallest absolute Gasteiger partial charge is 0.303 e. The molecule has 0 bridgehead atoms. The first kappa shape index (κ1) is 33.3. The molecule has 5 atom stereocenters. The van der Waals surface area contributed by atoms with E-state index in [0.29, 0.717) is 17.0 Å². The van der Waals surface area contributed by atoms with Crippen LogP contribution in [-0.4, -0.2) is 89.4 Å². The number of nitrogens with zero attached hydrogens (tertiary/aromatic N) is 4. The third-order valence-corrected chi connectivity index (χ3v) is 6.50. The van der Waals surface area contributed by atoms with Crippen molar-refractivity contribution in [3.8, 4) is 0 Å². The third-order valence-electron chi connectivity index (χ3n) is 6.50. The highest BCUT2D eigenvalue weighted by Gasteiger charge is 2.51. The highest BCUT2D eigenvalue weighted by molar-refractivity contribution is 6.55. The van der Waals surface area contributed by atoms with E-state index in [0.717, 1.165) is 40.2 Å². The Bertz CT molecular complexity index is 1560. The van der Waals surface area contributed by atoms with Crippen molar-refractivity contribution in [3.05, 3.63) is 71.8 Å². The number of ether oxygens (including phenoxy) is 5. The van der Waals surface area contributed by atoms with Gasteiger partial charge in [-0.1, -0.05) is 60.7 Å². The number of esters is 5. The molecule has 2 unspecified atom stereocenters. The summed E-state index contributed by atoms with van der Waals surface area (Å²) >= 11 is 0. The molecule has 15 nitrogen and oxygen atoms in total. The number of hydrazone groups is 2. The second kappa shape index (κ2) is 14.9. The Kier molecular flexibility index (Phi) is 10.8. The van der Waals surface area contributed by atoms with Gasteiger partial charge >= 0.3 is 29.8 Å². The number of guanidine groups is 1. The average Bonchev–Trinajstić information content (AvgIpc) is 3.42. The van der Waals surface area contributed by atoms with Crippen LogP contribution in [0.1, 0.15) is 45.7 Å². The number of carbonyl (C=O) groups is 5. The fourth-order valence-electron chi connectivity index (χ4n) is 4.82. The van der Waals surface area contributed by atoms with Crippen LogP contribution in [0.25, 0.3) is 0 Å². The van der Waals surface area contributed by atoms with Gasteiger partial charge in [-0.15, -0.1) is 5.10 Å². The molecule has 0 amide bonds. The van der Waals surface area contributed by atoms with E-state index in [1.54, 1.807) is 0 Å². The van der Waals surface area contributed by atoms with Crippen molar-refractivity contribution in [3.63, 3.8) is 0 Å². The summed E-state index contributed by atoms with van der Waals surface area (Å²) in [5, 5.41) is 10.5. The van der Waals surface area contributed by atoms with Crippen LogP contribution < -0.4 is 5.43 Å². The SMILES string of the molecule is CC(=O)OCC(OC(C)=O)[C@@H](OC(C)=O)[C@H](OC(C)=O)[C@H](OC(C)=O)C1NN=C2N=C(c3ccccc3)C(c3ccccc3)=NN21. The first-order chi connectivity index (χ1) is 21.9. The van der Waals surface area contributed by atoms with Gasteiger partial charge in [0, 0.05) is 45.7 Å². The van der Waals surface area contributed by atoms with Crippen LogP contribution in [0.4, 0.5) is 0 Å². The van der Waals surface area contributed by atoms with Gasteiger partial charge in [-0.25, -0.2) is 10.0 Å². The number of carbonyl (C=O) groups excluding carboxylic acids is 5. The molecule has 4 rings (SSSR count). The van der Waals surface area contributed by atoms with Crippen molar-refractivity contribution >= 4 is 47.2 Å². The Morgan fingerprint density at radius 1 is 0.696 bits per heavy atom. The normalized spacial score (nSPS) is 17.7. The maximum absolute atomic E-state index is 12.5. The zero-order valence-corrected chi connectivity index (χ0v) is 25.7. The number of fused-ring (bicyclic) bond motifs is 1. The molecule has 2 heterocycles. The molecule has 46 heavy (non-hydrogen) atoms. The highest BCUT2D eigenvalue weighted by atomic mass is 16.6. The van der Waals surface area contributed by atoms with E-state index < -0.39 is 67.0 Å². The van der Waals surface area contributed by atoms with Crippen molar-refractivity contribution in [2.45, 2.75) is 65.2 Å². The first-order valence-corrected chi connectivity index (χ1v) is 14.2. The van der Waals surface area contributed by atoms with Gasteiger partial charge in [-0.3, -0.25) is 29.4 Å². The van der Waals surface area contributed by atoms with Crippen LogP contribution in [0.5, 0.6) is 0 Å². The van der Waals surface area contributed by atoms with Crippen LogP contribution in [0.3, 0.4) is 0 Å². The van der Waals surface area contributed by atoms with E-state index >= 15 is 0 Å². The molecule has 0 saturated heterocycles. The number of rotatable bonds is 12. The minimum absolute atomic E-state index is 0.0859. The first-order valence-electron chi connectivity index (χ1n) is 14.2. The molecule has 15 heteroatoms. The maximum Gasteiger partial charge on any atom is 0.303 e. The van der Waals surface area contributed by atoms with Gasteiger partial charge in [0.05, 0.1) is 0 Å². The predicted octanol–water partition coefficient (Wildman–Crippen LogP) is 1.69. The van der Waals surface area contributed by atoms with Gasteiger partial charge in [0.25, 0.3) is 5.96 Å². The molecular weight excluding hydrogens is 602 g/mol. The highest BCUT2D eigenvalue weighted by Crippen LogP contribution is 2.28. The van der Waals surface area contributed by atoms with Crippen LogP contribution in [0.2, 0.25) is 0 Å². The van der Waals surface area contributed by atoms with Gasteiger partial charge in [0.15, 0.2) is 30.6 Å². The number of nitrogens with one attached hydrogen (secondary N) is 1. The third kappa shape index (κ3) is 8.31. The molecule has 0 spiro atoms. The molecule has 0 aromatic heterocycles. The second-order valence-corrected chi connectivity index (χ2v) is 10.1. The second-order valence-electron chi connectivity index (χ2n) is 10.1. The lowest BCUT2D eigenvalue weighted by Gasteiger charge is -2.38. The zero-order valence-electron chi connectivity index (χ0n) is 25.7. The summed E-state index contributed by atoms with van der Waals surface area (Å²) in [6.07, 6.45) is -7.47. The number of hydrogen-bond donors (Lipinski definition) is 1. The van der Waals surface area contributed by atoms with Crippen molar-refractivity contribution in [2.75, 3.05) is 6.61 Å². The zero-order chi connectivity index (χ0) is 33.4. The van der Waals surface area contributed by atoms with Gasteiger partial charge < -0.3 is 23.7 Å². The fraction of sp³-hybridized carbons (Fsp3) is 0.355. The van der Waals surface area contributed by atoms with Crippen LogP contribution in [0, 0.1) is 0 Å². The van der Waals surface area contributed by atoms with Gasteiger partial charge in [-0.05, 0) is 0 Å². The molecule has 2 aromatic rings. The van der Waals surface area contributed by atoms with Crippen molar-refractivity contribution in [1.82, 2.24) is 10.4 Å². The summed E-state index contributed by atoms with van der Waals surface area (Å²) in [7, 11) is 0. The summed E-state index contributed by atoms with van der Waals surface area (Å²) in [4.78, 5) is 65.8. The summed E-state index contributed by atoms with van der Waals surface area (Å²) in [5.74, 6) is -3.98. The Morgan fingerprint density at radius 2 is 1.22 bits per heavy atom. The van der Waals surface area contributed by atoms with E-state index in [1.165, 1.54) is 5.01 Å². The molecule has 0 saturated carbocycles. The summed E-state index contributed by atoms with van der Waals surface area (Å²) in [6.45, 7) is 4.92. The molecule has 2 aromatic carbocycles. The van der Waals surface area contributed by atoms with E-state index in [1.807, 2.05) is 60.7 Å². The lowest BCUT2D eigenvalue weighted by molar-refractivity contribution is -0.207. The molecule has 2 aliphatic heterocycles. The summed E-state index contributed by atoms with van der Waals surface area (Å²) in [5.41, 5.74) is 5.28. The Hall–Kier alpha value is -5.60. The average molecular weight is 636 g/mol. The Balaban J connectivity index is 1.82. The maximum atomic E-state index is 12.5. The lowest BCUT2D eigenvalue weighted by atomic mass is 9.98. The molecule has 0 aliphatic carbocycles. The Morgan fingerprint density at radius 3 is 1.74 bits per heavy atom. The van der Waals surface area contributed by atoms with Gasteiger partial charge in [-0.2, -0.15) is 5.10 Å². The largest absolute Gasteiger partial charge is 0.462 e. The van der Waals surface area contributed by atoms with E-state index in [9.17, 15) is 24.0 Å². The van der Waals surface area contributed by atoms with E-state index in [2.05, 4.69) is 10.5 Å². The van der Waals surface area contributed by atoms with Crippen molar-refractivity contribution in [1.29, 1.82) is 0 Å². The summed E-state index contributed by atoms with van der Waals surface area (Å²) in [6, 6.07) is 18.5. The standard InChI is InChI=1S/C31H33N5O10/c1-17(37)42-16-24(43-18(2)38)27(44-19(3)39)28(45-20(4)40)29(46-21(5)41)30-33-34-31-32-25(22-12-8-6-9-13-22)26(35-36(30)31)23-14-10-7-11-15-23/h6-15,24,27-30,33H,16H2,1-5H3/t24?,27-,28+,29+,30?/m1/s1. The fourth-order valence-corrected chi connectivity index (χ4v) is 4.82. The van der Waals surface area contributed by atoms with E-state index in [-0.39, 0.29) is 5.96 Å². The van der Waals surface area contributed by atoms with Crippen LogP contribution in [-0.2, 0) is 47.7 Å². The number of benzene rings is 2. The molecule has 2 aliphatic rings. The van der Waals surface area contributed by atoms with Gasteiger partial charge in [0.1, 0.15) is 18.0 Å². The number of aliphatic imine (C=N–C) groups is 1. The Labute approximate surface area is 264 Å². The molecule has 0 fully saturated rings. The van der Waals surface area contributed by atoms with Crippen molar-refractivity contribution in [2.24, 2.45) is 15.2 Å². The van der Waals surface area contributed by atoms with Gasteiger partial charge in [0.2, 0.25) is 0 Å². The monoisotopic (exact) mass is 635 g/mol. The minimum atomic E-state index is -1.65. The predicted molar refractivity (Wildman–Crippen MR) is 161 cm³/mol. The van der Waals surface area contributed by atoms with E-state index in [4.69, 9.17) is 33.8 Å².